The number of fused-ring (bicyclic) bond motifs is 1. The first-order valence-corrected chi connectivity index (χ1v) is 7.94. The molecule has 1 saturated carbocycles. The van der Waals surface area contributed by atoms with Crippen LogP contribution in [0.5, 0.6) is 0 Å². The standard InChI is InChI=1S/C19H24O2/c1-13-17(12-21-14(2)20)16-10-7-11-18(16)19(13,3)15-8-5-4-6-9-15/h4-6,8-9,16,18H,7,10-12H2,1-3H3/t16-,18-,19-/m1/s1. The molecule has 2 heteroatoms. The van der Waals surface area contributed by atoms with Gasteiger partial charge in [0.05, 0.1) is 0 Å². The number of ether oxygens (including phenoxy) is 1. The molecule has 1 aromatic carbocycles. The highest BCUT2D eigenvalue weighted by molar-refractivity contribution is 5.66. The quantitative estimate of drug-likeness (QED) is 0.612. The molecule has 112 valence electrons. The average molecular weight is 284 g/mol. The monoisotopic (exact) mass is 284 g/mol. The largest absolute Gasteiger partial charge is 0.461 e. The van der Waals surface area contributed by atoms with Crippen molar-refractivity contribution in [1.29, 1.82) is 0 Å². The van der Waals surface area contributed by atoms with Gasteiger partial charge >= 0.3 is 5.97 Å². The topological polar surface area (TPSA) is 26.3 Å². The zero-order chi connectivity index (χ0) is 15.0. The van der Waals surface area contributed by atoms with E-state index in [1.807, 2.05) is 0 Å². The molecule has 0 unspecified atom stereocenters. The van der Waals surface area contributed by atoms with E-state index in [1.165, 1.54) is 42.9 Å². The minimum absolute atomic E-state index is 0.0951. The summed E-state index contributed by atoms with van der Waals surface area (Å²) >= 11 is 0. The number of carbonyl (C=O) groups is 1. The Balaban J connectivity index is 2.01. The molecule has 2 nitrogen and oxygen atoms in total. The molecule has 0 N–H and O–H groups in total. The van der Waals surface area contributed by atoms with Crippen molar-refractivity contribution in [2.75, 3.05) is 6.61 Å². The molecule has 2 aliphatic carbocycles. The molecule has 1 aromatic rings. The molecule has 3 rings (SSSR count). The van der Waals surface area contributed by atoms with Crippen molar-refractivity contribution in [1.82, 2.24) is 0 Å². The zero-order valence-electron chi connectivity index (χ0n) is 13.2. The maximum atomic E-state index is 11.2. The van der Waals surface area contributed by atoms with Gasteiger partial charge in [-0.15, -0.1) is 0 Å². The third-order valence-corrected chi connectivity index (χ3v) is 5.77. The highest BCUT2D eigenvalue weighted by atomic mass is 16.5. The molecule has 0 amide bonds. The molecule has 0 spiro atoms. The predicted molar refractivity (Wildman–Crippen MR) is 84.0 cm³/mol. The van der Waals surface area contributed by atoms with Crippen molar-refractivity contribution in [3.63, 3.8) is 0 Å². The van der Waals surface area contributed by atoms with Gasteiger partial charge in [-0.1, -0.05) is 49.2 Å². The number of hydrogen-bond acceptors (Lipinski definition) is 2. The molecule has 1 fully saturated rings. The van der Waals surface area contributed by atoms with Gasteiger partial charge in [0.1, 0.15) is 6.61 Å². The van der Waals surface area contributed by atoms with E-state index in [1.54, 1.807) is 0 Å². The number of hydrogen-bond donors (Lipinski definition) is 0. The molecule has 2 aliphatic rings. The molecular weight excluding hydrogens is 260 g/mol. The van der Waals surface area contributed by atoms with Gasteiger partial charge in [0.15, 0.2) is 0 Å². The van der Waals surface area contributed by atoms with Crippen LogP contribution in [0.4, 0.5) is 0 Å². The summed E-state index contributed by atoms with van der Waals surface area (Å²) in [5.74, 6) is 1.07. The van der Waals surface area contributed by atoms with E-state index in [0.717, 1.165) is 0 Å². The van der Waals surface area contributed by atoms with E-state index in [2.05, 4.69) is 44.2 Å². The molecule has 0 heterocycles. The number of carbonyl (C=O) groups excluding carboxylic acids is 1. The van der Waals surface area contributed by atoms with Crippen LogP contribution in [0.25, 0.3) is 0 Å². The van der Waals surface area contributed by atoms with Gasteiger partial charge in [-0.3, -0.25) is 4.79 Å². The normalized spacial score (nSPS) is 31.4. The van der Waals surface area contributed by atoms with Gasteiger partial charge in [-0.2, -0.15) is 0 Å². The van der Waals surface area contributed by atoms with Crippen molar-refractivity contribution in [2.24, 2.45) is 11.8 Å². The van der Waals surface area contributed by atoms with Crippen LogP contribution in [-0.2, 0) is 14.9 Å². The Morgan fingerprint density at radius 1 is 1.29 bits per heavy atom. The van der Waals surface area contributed by atoms with Crippen molar-refractivity contribution >= 4 is 5.97 Å². The van der Waals surface area contributed by atoms with Crippen molar-refractivity contribution in [3.05, 3.63) is 47.0 Å². The van der Waals surface area contributed by atoms with E-state index in [4.69, 9.17) is 4.74 Å². The maximum Gasteiger partial charge on any atom is 0.302 e. The second-order valence-corrected chi connectivity index (χ2v) is 6.64. The highest BCUT2D eigenvalue weighted by Crippen LogP contribution is 2.58. The lowest BCUT2D eigenvalue weighted by atomic mass is 9.69. The molecule has 0 radical (unpaired) electrons. The van der Waals surface area contributed by atoms with Gasteiger partial charge in [0, 0.05) is 12.3 Å². The Kier molecular flexibility index (Phi) is 3.64. The number of rotatable bonds is 3. The van der Waals surface area contributed by atoms with Crippen LogP contribution in [0.15, 0.2) is 41.5 Å². The predicted octanol–water partition coefficient (Wildman–Crippen LogP) is 4.25. The van der Waals surface area contributed by atoms with E-state index in [9.17, 15) is 4.79 Å². The van der Waals surface area contributed by atoms with Gasteiger partial charge in [-0.05, 0) is 42.7 Å². The van der Waals surface area contributed by atoms with E-state index in [-0.39, 0.29) is 11.4 Å². The first kappa shape index (κ1) is 14.4. The second-order valence-electron chi connectivity index (χ2n) is 6.64. The maximum absolute atomic E-state index is 11.2. The smallest absolute Gasteiger partial charge is 0.302 e. The van der Waals surface area contributed by atoms with Crippen molar-refractivity contribution in [3.8, 4) is 0 Å². The van der Waals surface area contributed by atoms with Crippen LogP contribution in [0.3, 0.4) is 0 Å². The first-order chi connectivity index (χ1) is 10.0. The summed E-state index contributed by atoms with van der Waals surface area (Å²) in [6, 6.07) is 10.8. The summed E-state index contributed by atoms with van der Waals surface area (Å²) in [4.78, 5) is 11.2. The molecule has 21 heavy (non-hydrogen) atoms. The Morgan fingerprint density at radius 2 is 2.00 bits per heavy atom. The van der Waals surface area contributed by atoms with Gasteiger partial charge in [0.25, 0.3) is 0 Å². The van der Waals surface area contributed by atoms with Crippen LogP contribution in [0.1, 0.15) is 45.6 Å². The van der Waals surface area contributed by atoms with Crippen LogP contribution < -0.4 is 0 Å². The Labute approximate surface area is 127 Å². The Morgan fingerprint density at radius 3 is 2.67 bits per heavy atom. The minimum atomic E-state index is -0.182. The summed E-state index contributed by atoms with van der Waals surface area (Å²) in [6.07, 6.45) is 3.80. The molecule has 0 bridgehead atoms. The minimum Gasteiger partial charge on any atom is -0.461 e. The second kappa shape index (κ2) is 5.32. The SMILES string of the molecule is CC(=O)OCC1=C(C)[C@](C)(c2ccccc2)[C@@H]2CCC[C@H]12. The summed E-state index contributed by atoms with van der Waals surface area (Å²) < 4.78 is 5.34. The molecule has 0 aliphatic heterocycles. The summed E-state index contributed by atoms with van der Waals surface area (Å²) in [6.45, 7) is 6.59. The highest BCUT2D eigenvalue weighted by Gasteiger charge is 2.51. The Bertz CT molecular complexity index is 572. The van der Waals surface area contributed by atoms with Gasteiger partial charge < -0.3 is 4.74 Å². The number of allylic oxidation sites excluding steroid dienone is 1. The molecule has 3 atom stereocenters. The third kappa shape index (κ3) is 2.21. The van der Waals surface area contributed by atoms with Gasteiger partial charge in [0.2, 0.25) is 0 Å². The van der Waals surface area contributed by atoms with Crippen molar-refractivity contribution < 1.29 is 9.53 Å². The van der Waals surface area contributed by atoms with Crippen LogP contribution in [0, 0.1) is 11.8 Å². The lowest BCUT2D eigenvalue weighted by molar-refractivity contribution is -0.140. The van der Waals surface area contributed by atoms with E-state index < -0.39 is 0 Å². The fourth-order valence-electron chi connectivity index (χ4n) is 4.57. The van der Waals surface area contributed by atoms with Crippen LogP contribution in [-0.4, -0.2) is 12.6 Å². The van der Waals surface area contributed by atoms with E-state index in [0.29, 0.717) is 18.4 Å². The number of benzene rings is 1. The summed E-state index contributed by atoms with van der Waals surface area (Å²) in [5, 5.41) is 0. The third-order valence-electron chi connectivity index (χ3n) is 5.77. The van der Waals surface area contributed by atoms with Gasteiger partial charge in [-0.25, -0.2) is 0 Å². The van der Waals surface area contributed by atoms with Crippen LogP contribution in [0.2, 0.25) is 0 Å². The first-order valence-electron chi connectivity index (χ1n) is 7.94. The molecule has 0 saturated heterocycles. The molecule has 0 aromatic heterocycles. The van der Waals surface area contributed by atoms with Crippen molar-refractivity contribution in [2.45, 2.75) is 45.4 Å². The molecular formula is C19H24O2. The zero-order valence-corrected chi connectivity index (χ0v) is 13.2. The van der Waals surface area contributed by atoms with Crippen LogP contribution >= 0.6 is 0 Å². The lowest BCUT2D eigenvalue weighted by Crippen LogP contribution is -2.30. The fraction of sp³-hybridized carbons (Fsp3) is 0.526. The summed E-state index contributed by atoms with van der Waals surface area (Å²) in [5.41, 5.74) is 4.29. The fourth-order valence-corrected chi connectivity index (χ4v) is 4.57. The summed E-state index contributed by atoms with van der Waals surface area (Å²) in [7, 11) is 0. The average Bonchev–Trinajstić information content (AvgIpc) is 3.03. The lowest BCUT2D eigenvalue weighted by Gasteiger charge is -2.34. The van der Waals surface area contributed by atoms with E-state index >= 15 is 0 Å². The Hall–Kier alpha value is -1.57. The number of esters is 1.